The number of fused-ring (bicyclic) bond motifs is 2. The third-order valence-corrected chi connectivity index (χ3v) is 4.94. The number of thiophene rings is 1. The summed E-state index contributed by atoms with van der Waals surface area (Å²) in [6.45, 7) is 0. The number of rotatable bonds is 2. The zero-order valence-corrected chi connectivity index (χ0v) is 13.6. The van der Waals surface area contributed by atoms with E-state index >= 15 is 0 Å². The van der Waals surface area contributed by atoms with Crippen molar-refractivity contribution in [2.75, 3.05) is 0 Å². The quantitative estimate of drug-likeness (QED) is 0.479. The highest BCUT2D eigenvalue weighted by Crippen LogP contribution is 2.36. The van der Waals surface area contributed by atoms with Crippen LogP contribution in [0.3, 0.4) is 0 Å². The van der Waals surface area contributed by atoms with Gasteiger partial charge in [-0.25, -0.2) is 14.4 Å². The lowest BCUT2D eigenvalue weighted by Crippen LogP contribution is -2.01. The van der Waals surface area contributed by atoms with E-state index in [9.17, 15) is 4.39 Å². The van der Waals surface area contributed by atoms with Crippen LogP contribution in [0.1, 0.15) is 0 Å². The van der Waals surface area contributed by atoms with Crippen LogP contribution in [0.4, 0.5) is 4.39 Å². The molecule has 0 amide bonds. The average Bonchev–Trinajstić information content (AvgIpc) is 3.26. The van der Waals surface area contributed by atoms with Crippen LogP contribution >= 0.6 is 11.3 Å². The minimum atomic E-state index is -0.262. The Kier molecular flexibility index (Phi) is 3.07. The molecule has 0 N–H and O–H groups in total. The van der Waals surface area contributed by atoms with Gasteiger partial charge in [0, 0.05) is 10.9 Å². The minimum absolute atomic E-state index is 0.262. The molecule has 7 heteroatoms. The topological polar surface area (TPSA) is 56.5 Å². The van der Waals surface area contributed by atoms with E-state index in [2.05, 4.69) is 20.3 Å². The molecule has 3 heterocycles. The Hall–Kier alpha value is -3.19. The van der Waals surface area contributed by atoms with Crippen LogP contribution in [0.25, 0.3) is 38.2 Å². The van der Waals surface area contributed by atoms with Crippen molar-refractivity contribution in [1.82, 2.24) is 25.0 Å². The van der Waals surface area contributed by atoms with Crippen molar-refractivity contribution in [2.24, 2.45) is 0 Å². The van der Waals surface area contributed by atoms with Gasteiger partial charge < -0.3 is 0 Å². The first-order valence-electron chi connectivity index (χ1n) is 7.60. The van der Waals surface area contributed by atoms with Crippen LogP contribution in [0.15, 0.2) is 60.2 Å². The van der Waals surface area contributed by atoms with E-state index in [1.54, 1.807) is 16.8 Å². The summed E-state index contributed by atoms with van der Waals surface area (Å²) in [5.74, 6) is 0.404. The highest BCUT2D eigenvalue weighted by molar-refractivity contribution is 7.17. The van der Waals surface area contributed by atoms with Crippen LogP contribution in [-0.4, -0.2) is 25.0 Å². The van der Waals surface area contributed by atoms with Crippen molar-refractivity contribution in [3.63, 3.8) is 0 Å². The predicted molar refractivity (Wildman–Crippen MR) is 95.2 cm³/mol. The summed E-state index contributed by atoms with van der Waals surface area (Å²) in [6.07, 6.45) is 1.53. The molecule has 0 aliphatic carbocycles. The monoisotopic (exact) mass is 347 g/mol. The lowest BCUT2D eigenvalue weighted by molar-refractivity contribution is 0.628. The third kappa shape index (κ3) is 2.20. The number of aromatic nitrogens is 5. The minimum Gasteiger partial charge on any atom is -0.225 e. The van der Waals surface area contributed by atoms with Gasteiger partial charge in [-0.05, 0) is 29.8 Å². The largest absolute Gasteiger partial charge is 0.225 e. The van der Waals surface area contributed by atoms with E-state index in [1.807, 2.05) is 29.6 Å². The number of halogens is 1. The summed E-state index contributed by atoms with van der Waals surface area (Å²) in [4.78, 5) is 9.68. The molecule has 2 aromatic carbocycles. The molecule has 0 atom stereocenters. The standard InChI is InChI=1S/C18H10FN5S/c19-12-7-5-11(6-8-12)13-9-25-18-16(13)17(20-10-21-18)24-15-4-2-1-3-14(15)22-23-24/h1-10H. The van der Waals surface area contributed by atoms with E-state index in [-0.39, 0.29) is 5.82 Å². The van der Waals surface area contributed by atoms with Gasteiger partial charge in [0.25, 0.3) is 0 Å². The van der Waals surface area contributed by atoms with E-state index in [0.717, 1.165) is 32.4 Å². The Labute approximate surface area is 145 Å². The predicted octanol–water partition coefficient (Wildman–Crippen LogP) is 4.23. The summed E-state index contributed by atoms with van der Waals surface area (Å²) in [6, 6.07) is 14.1. The Morgan fingerprint density at radius 1 is 0.960 bits per heavy atom. The smallest absolute Gasteiger partial charge is 0.168 e. The molecule has 5 nitrogen and oxygen atoms in total. The van der Waals surface area contributed by atoms with Gasteiger partial charge in [-0.1, -0.05) is 29.5 Å². The van der Waals surface area contributed by atoms with Crippen LogP contribution in [0.5, 0.6) is 0 Å². The zero-order chi connectivity index (χ0) is 16.8. The van der Waals surface area contributed by atoms with Crippen molar-refractivity contribution < 1.29 is 4.39 Å². The lowest BCUT2D eigenvalue weighted by Gasteiger charge is -2.06. The maximum absolute atomic E-state index is 13.3. The fraction of sp³-hybridized carbons (Fsp3) is 0. The Morgan fingerprint density at radius 2 is 1.80 bits per heavy atom. The number of benzene rings is 2. The fourth-order valence-corrected chi connectivity index (χ4v) is 3.80. The second-order valence-electron chi connectivity index (χ2n) is 5.52. The van der Waals surface area contributed by atoms with Gasteiger partial charge in [0.1, 0.15) is 22.5 Å². The molecule has 0 saturated heterocycles. The summed E-state index contributed by atoms with van der Waals surface area (Å²) in [5.41, 5.74) is 3.54. The fourth-order valence-electron chi connectivity index (χ4n) is 2.89. The molecule has 0 unspecified atom stereocenters. The molecule has 25 heavy (non-hydrogen) atoms. The first-order chi connectivity index (χ1) is 12.3. The number of hydrogen-bond donors (Lipinski definition) is 0. The third-order valence-electron chi connectivity index (χ3n) is 4.06. The summed E-state index contributed by atoms with van der Waals surface area (Å²) in [5, 5.41) is 11.4. The van der Waals surface area contributed by atoms with Crippen LogP contribution in [0, 0.1) is 5.82 Å². The molecule has 0 fully saturated rings. The van der Waals surface area contributed by atoms with Gasteiger partial charge in [0.15, 0.2) is 5.82 Å². The van der Waals surface area contributed by atoms with Gasteiger partial charge in [-0.2, -0.15) is 4.68 Å². The van der Waals surface area contributed by atoms with Gasteiger partial charge >= 0.3 is 0 Å². The average molecular weight is 347 g/mol. The van der Waals surface area contributed by atoms with Crippen LogP contribution in [0.2, 0.25) is 0 Å². The maximum atomic E-state index is 13.3. The Balaban J connectivity index is 1.82. The molecule has 0 bridgehead atoms. The van der Waals surface area contributed by atoms with E-state index in [0.29, 0.717) is 5.82 Å². The van der Waals surface area contributed by atoms with Gasteiger partial charge in [-0.3, -0.25) is 0 Å². The van der Waals surface area contributed by atoms with Crippen molar-refractivity contribution in [3.05, 3.63) is 66.1 Å². The number of para-hydroxylation sites is 1. The molecule has 0 radical (unpaired) electrons. The van der Waals surface area contributed by atoms with Crippen molar-refractivity contribution in [2.45, 2.75) is 0 Å². The molecule has 3 aromatic heterocycles. The van der Waals surface area contributed by atoms with Gasteiger partial charge in [0.05, 0.1) is 10.9 Å². The van der Waals surface area contributed by atoms with Gasteiger partial charge in [0.2, 0.25) is 0 Å². The molecule has 5 aromatic rings. The molecule has 5 rings (SSSR count). The summed E-state index contributed by atoms with van der Waals surface area (Å²) in [7, 11) is 0. The second-order valence-corrected chi connectivity index (χ2v) is 6.38. The highest BCUT2D eigenvalue weighted by Gasteiger charge is 2.17. The SMILES string of the molecule is Fc1ccc(-c2csc3ncnc(-n4nnc5ccccc54)c23)cc1. The Bertz CT molecular complexity index is 1210. The normalized spacial score (nSPS) is 11.4. The Morgan fingerprint density at radius 3 is 2.68 bits per heavy atom. The molecular weight excluding hydrogens is 337 g/mol. The van der Waals surface area contributed by atoms with Crippen LogP contribution < -0.4 is 0 Å². The van der Waals surface area contributed by atoms with E-state index in [1.165, 1.54) is 29.8 Å². The van der Waals surface area contributed by atoms with Crippen LogP contribution in [-0.2, 0) is 0 Å². The highest BCUT2D eigenvalue weighted by atomic mass is 32.1. The van der Waals surface area contributed by atoms with Gasteiger partial charge in [-0.15, -0.1) is 16.4 Å². The molecule has 0 aliphatic rings. The van der Waals surface area contributed by atoms with Crippen molar-refractivity contribution in [3.8, 4) is 16.9 Å². The first kappa shape index (κ1) is 14.2. The van der Waals surface area contributed by atoms with E-state index < -0.39 is 0 Å². The lowest BCUT2D eigenvalue weighted by atomic mass is 10.1. The first-order valence-corrected chi connectivity index (χ1v) is 8.48. The molecule has 0 saturated carbocycles. The van der Waals surface area contributed by atoms with Crippen molar-refractivity contribution in [1.29, 1.82) is 0 Å². The number of nitrogens with zero attached hydrogens (tertiary/aromatic N) is 5. The summed E-state index contributed by atoms with van der Waals surface area (Å²) < 4.78 is 15.0. The summed E-state index contributed by atoms with van der Waals surface area (Å²) >= 11 is 1.52. The molecule has 120 valence electrons. The van der Waals surface area contributed by atoms with E-state index in [4.69, 9.17) is 0 Å². The molecular formula is C18H10FN5S. The number of hydrogen-bond acceptors (Lipinski definition) is 5. The van der Waals surface area contributed by atoms with Crippen molar-refractivity contribution >= 4 is 32.6 Å². The zero-order valence-electron chi connectivity index (χ0n) is 12.8. The second kappa shape index (κ2) is 5.42. The maximum Gasteiger partial charge on any atom is 0.168 e. The molecule has 0 spiro atoms. The molecule has 0 aliphatic heterocycles.